The van der Waals surface area contributed by atoms with Crippen LogP contribution in [0.3, 0.4) is 0 Å². The Kier molecular flexibility index (Phi) is 5.10. The quantitative estimate of drug-likeness (QED) is 0.712. The average molecular weight is 360 g/mol. The average Bonchev–Trinajstić information content (AvgIpc) is 2.93. The van der Waals surface area contributed by atoms with E-state index in [1.54, 1.807) is 12.3 Å². The third-order valence-electron chi connectivity index (χ3n) is 5.37. The number of aryl methyl sites for hydroxylation is 1. The van der Waals surface area contributed by atoms with Gasteiger partial charge in [0.15, 0.2) is 0 Å². The predicted octanol–water partition coefficient (Wildman–Crippen LogP) is 3.82. The minimum atomic E-state index is 0.0236. The number of pyridine rings is 1. The fraction of sp³-hybridized carbons (Fsp3) is 0.364. The maximum absolute atomic E-state index is 12.8. The van der Waals surface area contributed by atoms with Gasteiger partial charge in [0.25, 0.3) is 5.91 Å². The van der Waals surface area contributed by atoms with Gasteiger partial charge in [-0.25, -0.2) is 9.97 Å². The van der Waals surface area contributed by atoms with Crippen LogP contribution in [0.2, 0.25) is 0 Å². The standard InChI is InChI=1S/C22H24N4O/c1-16-23-12-9-21(25-16)22(27)26-13-4-5-17(10-14-26)15-18-6-2-8-20-19(18)7-3-11-24-20/h2-3,6-9,11-12,17H,4-5,10,13-15H2,1H3. The number of amides is 1. The number of aromatic nitrogens is 3. The van der Waals surface area contributed by atoms with Gasteiger partial charge in [-0.1, -0.05) is 18.2 Å². The first-order chi connectivity index (χ1) is 13.2. The molecule has 1 fully saturated rings. The molecule has 3 heterocycles. The second-order valence-electron chi connectivity index (χ2n) is 7.27. The Morgan fingerprint density at radius 1 is 1.07 bits per heavy atom. The molecule has 1 atom stereocenters. The molecule has 2 aromatic heterocycles. The van der Waals surface area contributed by atoms with Crippen molar-refractivity contribution >= 4 is 16.8 Å². The van der Waals surface area contributed by atoms with Crippen LogP contribution in [0.1, 0.15) is 41.1 Å². The van der Waals surface area contributed by atoms with Crippen LogP contribution in [-0.2, 0) is 6.42 Å². The number of likely N-dealkylation sites (tertiary alicyclic amines) is 1. The fourth-order valence-electron chi connectivity index (χ4n) is 3.97. The SMILES string of the molecule is Cc1nccc(C(=O)N2CCCC(Cc3cccc4ncccc34)CC2)n1. The zero-order valence-corrected chi connectivity index (χ0v) is 15.6. The van der Waals surface area contributed by atoms with Crippen LogP contribution in [0, 0.1) is 12.8 Å². The van der Waals surface area contributed by atoms with Crippen molar-refractivity contribution in [1.29, 1.82) is 0 Å². The van der Waals surface area contributed by atoms with Gasteiger partial charge in [-0.3, -0.25) is 9.78 Å². The van der Waals surface area contributed by atoms with E-state index >= 15 is 0 Å². The highest BCUT2D eigenvalue weighted by Gasteiger charge is 2.23. The molecule has 1 amide bonds. The number of benzene rings is 1. The van der Waals surface area contributed by atoms with E-state index in [4.69, 9.17) is 0 Å². The molecule has 4 rings (SSSR count). The molecule has 3 aromatic rings. The Morgan fingerprint density at radius 3 is 2.89 bits per heavy atom. The van der Waals surface area contributed by atoms with Crippen LogP contribution >= 0.6 is 0 Å². The summed E-state index contributed by atoms with van der Waals surface area (Å²) in [5.74, 6) is 1.24. The van der Waals surface area contributed by atoms with E-state index in [-0.39, 0.29) is 5.91 Å². The van der Waals surface area contributed by atoms with Gasteiger partial charge in [0.2, 0.25) is 0 Å². The van der Waals surface area contributed by atoms with Gasteiger partial charge in [-0.05, 0) is 62.3 Å². The lowest BCUT2D eigenvalue weighted by atomic mass is 9.91. The van der Waals surface area contributed by atoms with Crippen molar-refractivity contribution in [3.8, 4) is 0 Å². The summed E-state index contributed by atoms with van der Waals surface area (Å²) in [7, 11) is 0. The molecule has 0 saturated carbocycles. The third kappa shape index (κ3) is 3.97. The van der Waals surface area contributed by atoms with Crippen LogP contribution in [0.15, 0.2) is 48.8 Å². The molecule has 1 saturated heterocycles. The molecule has 0 radical (unpaired) electrons. The van der Waals surface area contributed by atoms with Gasteiger partial charge in [0.05, 0.1) is 5.52 Å². The Hall–Kier alpha value is -2.82. The maximum atomic E-state index is 12.8. The Morgan fingerprint density at radius 2 is 2.00 bits per heavy atom. The van der Waals surface area contributed by atoms with Crippen LogP contribution in [-0.4, -0.2) is 38.8 Å². The summed E-state index contributed by atoms with van der Waals surface area (Å²) in [6, 6.07) is 12.2. The lowest BCUT2D eigenvalue weighted by Gasteiger charge is -2.20. The van der Waals surface area contributed by atoms with Crippen LogP contribution in [0.4, 0.5) is 0 Å². The Bertz CT molecular complexity index is 950. The summed E-state index contributed by atoms with van der Waals surface area (Å²) in [6.45, 7) is 3.40. The van der Waals surface area contributed by atoms with Crippen molar-refractivity contribution in [2.45, 2.75) is 32.6 Å². The molecule has 0 bridgehead atoms. The number of nitrogens with zero attached hydrogens (tertiary/aromatic N) is 4. The zero-order chi connectivity index (χ0) is 18.6. The highest BCUT2D eigenvalue weighted by atomic mass is 16.2. The van der Waals surface area contributed by atoms with Crippen molar-refractivity contribution < 1.29 is 4.79 Å². The van der Waals surface area contributed by atoms with Crippen molar-refractivity contribution in [2.75, 3.05) is 13.1 Å². The van der Waals surface area contributed by atoms with E-state index in [1.807, 2.05) is 24.1 Å². The second-order valence-corrected chi connectivity index (χ2v) is 7.27. The molecular formula is C22H24N4O. The Labute approximate surface area is 159 Å². The number of fused-ring (bicyclic) bond motifs is 1. The summed E-state index contributed by atoms with van der Waals surface area (Å²) in [6.07, 6.45) is 7.73. The lowest BCUT2D eigenvalue weighted by Crippen LogP contribution is -2.32. The van der Waals surface area contributed by atoms with Gasteiger partial charge in [-0.2, -0.15) is 0 Å². The maximum Gasteiger partial charge on any atom is 0.272 e. The summed E-state index contributed by atoms with van der Waals surface area (Å²) in [4.78, 5) is 27.6. The molecule has 5 nitrogen and oxygen atoms in total. The predicted molar refractivity (Wildman–Crippen MR) is 105 cm³/mol. The lowest BCUT2D eigenvalue weighted by molar-refractivity contribution is 0.0753. The van der Waals surface area contributed by atoms with E-state index in [0.29, 0.717) is 17.4 Å². The van der Waals surface area contributed by atoms with E-state index in [1.165, 1.54) is 10.9 Å². The van der Waals surface area contributed by atoms with E-state index in [9.17, 15) is 4.79 Å². The molecule has 0 spiro atoms. The molecule has 138 valence electrons. The number of carbonyl (C=O) groups is 1. The van der Waals surface area contributed by atoms with Crippen LogP contribution < -0.4 is 0 Å². The van der Waals surface area contributed by atoms with Gasteiger partial charge in [0.1, 0.15) is 11.5 Å². The van der Waals surface area contributed by atoms with Crippen LogP contribution in [0.5, 0.6) is 0 Å². The molecule has 0 aliphatic carbocycles. The number of carbonyl (C=O) groups excluding carboxylic acids is 1. The molecule has 0 N–H and O–H groups in total. The first-order valence-electron chi connectivity index (χ1n) is 9.62. The molecule has 5 heteroatoms. The minimum Gasteiger partial charge on any atom is -0.337 e. The van der Waals surface area contributed by atoms with Crippen molar-refractivity contribution in [1.82, 2.24) is 19.9 Å². The first-order valence-corrected chi connectivity index (χ1v) is 9.62. The molecule has 1 unspecified atom stereocenters. The normalized spacial score (nSPS) is 17.7. The van der Waals surface area contributed by atoms with Gasteiger partial charge >= 0.3 is 0 Å². The van der Waals surface area contributed by atoms with Crippen LogP contribution in [0.25, 0.3) is 10.9 Å². The van der Waals surface area contributed by atoms with E-state index in [0.717, 1.165) is 44.3 Å². The Balaban J connectivity index is 1.45. The number of rotatable bonds is 3. The summed E-state index contributed by atoms with van der Waals surface area (Å²) >= 11 is 0. The van der Waals surface area contributed by atoms with E-state index in [2.05, 4.69) is 39.2 Å². The topological polar surface area (TPSA) is 59.0 Å². The van der Waals surface area contributed by atoms with E-state index < -0.39 is 0 Å². The van der Waals surface area contributed by atoms with Crippen molar-refractivity contribution in [3.63, 3.8) is 0 Å². The summed E-state index contributed by atoms with van der Waals surface area (Å²) in [5.41, 5.74) is 2.91. The molecule has 1 aliphatic rings. The second kappa shape index (κ2) is 7.82. The molecule has 1 aromatic carbocycles. The highest BCUT2D eigenvalue weighted by molar-refractivity contribution is 5.92. The highest BCUT2D eigenvalue weighted by Crippen LogP contribution is 2.26. The largest absolute Gasteiger partial charge is 0.337 e. The number of hydrogen-bond donors (Lipinski definition) is 0. The van der Waals surface area contributed by atoms with Crippen molar-refractivity contribution in [3.05, 3.63) is 65.9 Å². The first kappa shape index (κ1) is 17.6. The molecular weight excluding hydrogens is 336 g/mol. The van der Waals surface area contributed by atoms with Gasteiger partial charge in [0, 0.05) is 30.9 Å². The summed E-state index contributed by atoms with van der Waals surface area (Å²) < 4.78 is 0. The molecule has 27 heavy (non-hydrogen) atoms. The summed E-state index contributed by atoms with van der Waals surface area (Å²) in [5, 5.41) is 1.24. The van der Waals surface area contributed by atoms with Crippen molar-refractivity contribution in [2.24, 2.45) is 5.92 Å². The minimum absolute atomic E-state index is 0.0236. The smallest absolute Gasteiger partial charge is 0.272 e. The molecule has 1 aliphatic heterocycles. The van der Waals surface area contributed by atoms with Gasteiger partial charge < -0.3 is 4.90 Å². The van der Waals surface area contributed by atoms with Gasteiger partial charge in [-0.15, -0.1) is 0 Å². The third-order valence-corrected chi connectivity index (χ3v) is 5.37. The number of hydrogen-bond acceptors (Lipinski definition) is 4. The zero-order valence-electron chi connectivity index (χ0n) is 15.6. The monoisotopic (exact) mass is 360 g/mol. The fourth-order valence-corrected chi connectivity index (χ4v) is 3.97.